The lowest BCUT2D eigenvalue weighted by atomic mass is 9.94. The van der Waals surface area contributed by atoms with Crippen LogP contribution in [0.4, 0.5) is 0 Å². The first kappa shape index (κ1) is 13.3. The predicted molar refractivity (Wildman–Crippen MR) is 68.1 cm³/mol. The number of methoxy groups -OCH3 is 1. The van der Waals surface area contributed by atoms with Crippen LogP contribution in [0.5, 0.6) is 0 Å². The molecule has 0 spiro atoms. The summed E-state index contributed by atoms with van der Waals surface area (Å²) in [6, 6.07) is 7.51. The number of hydrogen-bond donors (Lipinski definition) is 0. The molecule has 0 radical (unpaired) electrons. The normalized spacial score (nSPS) is 28.3. The number of hydroxylamine groups is 2. The van der Waals surface area contributed by atoms with Crippen molar-refractivity contribution in [2.45, 2.75) is 25.0 Å². The lowest BCUT2D eigenvalue weighted by molar-refractivity contribution is -0.205. The van der Waals surface area contributed by atoms with E-state index in [-0.39, 0.29) is 12.0 Å². The number of halogens is 1. The average molecular weight is 270 g/mol. The van der Waals surface area contributed by atoms with Crippen LogP contribution < -0.4 is 0 Å². The van der Waals surface area contributed by atoms with Crippen molar-refractivity contribution in [1.29, 1.82) is 0 Å². The van der Waals surface area contributed by atoms with Gasteiger partial charge < -0.3 is 4.74 Å². The largest absolute Gasteiger partial charge is 0.467 e. The molecule has 1 fully saturated rings. The number of ether oxygens (including phenoxy) is 1. The molecule has 1 heterocycles. The van der Waals surface area contributed by atoms with Crippen molar-refractivity contribution in [1.82, 2.24) is 5.06 Å². The van der Waals surface area contributed by atoms with Crippen LogP contribution in [0.25, 0.3) is 0 Å². The Kier molecular flexibility index (Phi) is 3.61. The molecular formula is C13H16ClNO3. The maximum atomic E-state index is 11.7. The van der Waals surface area contributed by atoms with Gasteiger partial charge in [-0.25, -0.2) is 4.79 Å². The highest BCUT2D eigenvalue weighted by Crippen LogP contribution is 2.41. The number of rotatable bonds is 2. The van der Waals surface area contributed by atoms with Crippen molar-refractivity contribution >= 4 is 17.6 Å². The summed E-state index contributed by atoms with van der Waals surface area (Å²) in [5, 5.41) is 2.34. The molecule has 1 aliphatic rings. The van der Waals surface area contributed by atoms with Crippen LogP contribution in [0.2, 0.25) is 5.02 Å². The summed E-state index contributed by atoms with van der Waals surface area (Å²) in [5.74, 6) is -0.371. The second kappa shape index (κ2) is 4.88. The maximum Gasteiger partial charge on any atom is 0.340 e. The third-order valence-electron chi connectivity index (χ3n) is 3.25. The van der Waals surface area contributed by atoms with E-state index in [4.69, 9.17) is 21.2 Å². The summed E-state index contributed by atoms with van der Waals surface area (Å²) in [6.07, 6.45) is 0.514. The molecule has 0 N–H and O–H groups in total. The van der Waals surface area contributed by atoms with E-state index in [0.717, 1.165) is 5.56 Å². The fourth-order valence-corrected chi connectivity index (χ4v) is 2.57. The Morgan fingerprint density at radius 3 is 2.83 bits per heavy atom. The summed E-state index contributed by atoms with van der Waals surface area (Å²) in [4.78, 5) is 17.4. The Balaban J connectivity index is 2.28. The van der Waals surface area contributed by atoms with E-state index >= 15 is 0 Å². The smallest absolute Gasteiger partial charge is 0.340 e. The number of esters is 1. The van der Waals surface area contributed by atoms with E-state index in [0.29, 0.717) is 11.4 Å². The van der Waals surface area contributed by atoms with Crippen LogP contribution in [0.1, 0.15) is 24.9 Å². The molecule has 0 aromatic heterocycles. The van der Waals surface area contributed by atoms with Crippen molar-refractivity contribution in [2.75, 3.05) is 14.2 Å². The number of carbonyl (C=O) groups is 1. The van der Waals surface area contributed by atoms with Crippen molar-refractivity contribution < 1.29 is 14.4 Å². The Hall–Kier alpha value is -1.10. The summed E-state index contributed by atoms with van der Waals surface area (Å²) in [5.41, 5.74) is 0.00200. The van der Waals surface area contributed by atoms with Crippen LogP contribution in [-0.2, 0) is 14.4 Å². The van der Waals surface area contributed by atoms with E-state index < -0.39 is 5.60 Å². The van der Waals surface area contributed by atoms with Gasteiger partial charge in [0.05, 0.1) is 13.2 Å². The molecule has 1 aliphatic heterocycles. The topological polar surface area (TPSA) is 38.8 Å². The van der Waals surface area contributed by atoms with Gasteiger partial charge in [0.2, 0.25) is 0 Å². The molecule has 18 heavy (non-hydrogen) atoms. The maximum absolute atomic E-state index is 11.7. The molecule has 1 aromatic carbocycles. The van der Waals surface area contributed by atoms with Crippen LogP contribution in [0, 0.1) is 0 Å². The lowest BCUT2D eigenvalue weighted by Gasteiger charge is -2.20. The molecule has 4 nitrogen and oxygen atoms in total. The standard InChI is InChI=1S/C13H16ClNO3/c1-13(12(16)17-3)8-11(15(2)18-13)9-6-4-5-7-10(9)14/h4-7,11H,8H2,1-3H3. The van der Waals surface area contributed by atoms with Gasteiger partial charge in [-0.15, -0.1) is 0 Å². The van der Waals surface area contributed by atoms with Gasteiger partial charge in [0, 0.05) is 18.5 Å². The van der Waals surface area contributed by atoms with Gasteiger partial charge in [-0.3, -0.25) is 4.84 Å². The van der Waals surface area contributed by atoms with Gasteiger partial charge in [-0.1, -0.05) is 29.8 Å². The Bertz CT molecular complexity index is 465. The highest BCUT2D eigenvalue weighted by molar-refractivity contribution is 6.31. The molecule has 5 heteroatoms. The molecule has 1 aromatic rings. The molecule has 98 valence electrons. The van der Waals surface area contributed by atoms with Crippen molar-refractivity contribution in [3.63, 3.8) is 0 Å². The Morgan fingerprint density at radius 2 is 2.22 bits per heavy atom. The minimum atomic E-state index is -0.951. The van der Waals surface area contributed by atoms with Crippen LogP contribution in [0.15, 0.2) is 24.3 Å². The fraction of sp³-hybridized carbons (Fsp3) is 0.462. The molecule has 0 saturated carbocycles. The molecule has 2 unspecified atom stereocenters. The second-order valence-electron chi connectivity index (χ2n) is 4.60. The van der Waals surface area contributed by atoms with Crippen molar-refractivity contribution in [3.8, 4) is 0 Å². The molecule has 1 saturated heterocycles. The number of hydrogen-bond acceptors (Lipinski definition) is 4. The molecule has 0 amide bonds. The molecule has 2 rings (SSSR count). The third-order valence-corrected chi connectivity index (χ3v) is 3.59. The number of carbonyl (C=O) groups excluding carboxylic acids is 1. The quantitative estimate of drug-likeness (QED) is 0.774. The van der Waals surface area contributed by atoms with E-state index in [1.165, 1.54) is 7.11 Å². The van der Waals surface area contributed by atoms with Gasteiger partial charge in [0.1, 0.15) is 0 Å². The molecule has 0 bridgehead atoms. The zero-order chi connectivity index (χ0) is 13.3. The SMILES string of the molecule is COC(=O)C1(C)CC(c2ccccc2Cl)N(C)O1. The number of nitrogens with zero attached hydrogens (tertiary/aromatic N) is 1. The van der Waals surface area contributed by atoms with Crippen molar-refractivity contribution in [2.24, 2.45) is 0 Å². The van der Waals surface area contributed by atoms with E-state index in [1.54, 1.807) is 19.0 Å². The van der Waals surface area contributed by atoms with Crippen LogP contribution in [0.3, 0.4) is 0 Å². The minimum absolute atomic E-state index is 0.0530. The van der Waals surface area contributed by atoms with Crippen LogP contribution in [-0.4, -0.2) is 30.8 Å². The highest BCUT2D eigenvalue weighted by atomic mass is 35.5. The Labute approximate surface area is 111 Å². The Morgan fingerprint density at radius 1 is 1.56 bits per heavy atom. The average Bonchev–Trinajstić information content (AvgIpc) is 2.66. The minimum Gasteiger partial charge on any atom is -0.467 e. The van der Waals surface area contributed by atoms with Crippen molar-refractivity contribution in [3.05, 3.63) is 34.9 Å². The van der Waals surface area contributed by atoms with Gasteiger partial charge in [-0.2, -0.15) is 5.06 Å². The first-order valence-corrected chi connectivity index (χ1v) is 6.10. The summed E-state index contributed by atoms with van der Waals surface area (Å²) < 4.78 is 4.78. The van der Waals surface area contributed by atoms with Gasteiger partial charge in [-0.05, 0) is 18.6 Å². The van der Waals surface area contributed by atoms with Gasteiger partial charge in [0.15, 0.2) is 5.60 Å². The van der Waals surface area contributed by atoms with Crippen LogP contribution >= 0.6 is 11.6 Å². The lowest BCUT2D eigenvalue weighted by Crippen LogP contribution is -2.36. The fourth-order valence-electron chi connectivity index (χ4n) is 2.30. The van der Waals surface area contributed by atoms with E-state index in [1.807, 2.05) is 24.3 Å². The zero-order valence-corrected chi connectivity index (χ0v) is 11.4. The van der Waals surface area contributed by atoms with Gasteiger partial charge in [0.25, 0.3) is 0 Å². The molecule has 2 atom stereocenters. The monoisotopic (exact) mass is 269 g/mol. The second-order valence-corrected chi connectivity index (χ2v) is 5.01. The molecular weight excluding hydrogens is 254 g/mol. The highest BCUT2D eigenvalue weighted by Gasteiger charge is 2.48. The van der Waals surface area contributed by atoms with E-state index in [2.05, 4.69) is 0 Å². The number of benzene rings is 1. The first-order chi connectivity index (χ1) is 8.48. The van der Waals surface area contributed by atoms with Gasteiger partial charge >= 0.3 is 5.97 Å². The third kappa shape index (κ3) is 2.23. The summed E-state index contributed by atoms with van der Waals surface area (Å²) in [6.45, 7) is 1.73. The van der Waals surface area contributed by atoms with E-state index in [9.17, 15) is 4.79 Å². The predicted octanol–water partition coefficient (Wildman–Crippen LogP) is 2.58. The summed E-state index contributed by atoms with van der Waals surface area (Å²) >= 11 is 6.18. The first-order valence-electron chi connectivity index (χ1n) is 5.73. The summed E-state index contributed by atoms with van der Waals surface area (Å²) in [7, 11) is 3.15. The zero-order valence-electron chi connectivity index (χ0n) is 10.6. The molecule has 0 aliphatic carbocycles.